The van der Waals surface area contributed by atoms with Crippen LogP contribution >= 0.6 is 0 Å². The lowest BCUT2D eigenvalue weighted by Crippen LogP contribution is -2.37. The van der Waals surface area contributed by atoms with E-state index in [-0.39, 0.29) is 11.5 Å². The van der Waals surface area contributed by atoms with Crippen molar-refractivity contribution < 1.29 is 9.53 Å². The molecule has 6 heteroatoms. The Kier molecular flexibility index (Phi) is 4.90. The highest BCUT2D eigenvalue weighted by molar-refractivity contribution is 5.93. The Morgan fingerprint density at radius 2 is 2.14 bits per heavy atom. The van der Waals surface area contributed by atoms with Gasteiger partial charge in [-0.3, -0.25) is 14.5 Å². The van der Waals surface area contributed by atoms with Gasteiger partial charge in [0.15, 0.2) is 0 Å². The van der Waals surface area contributed by atoms with E-state index >= 15 is 0 Å². The number of H-pyrrole nitrogens is 1. The molecule has 2 aliphatic heterocycles. The molecule has 1 unspecified atom stereocenters. The van der Waals surface area contributed by atoms with Crippen LogP contribution in [0.3, 0.4) is 0 Å². The number of carbonyl (C=O) groups is 1. The number of hydrogen-bond acceptors (Lipinski definition) is 4. The van der Waals surface area contributed by atoms with Crippen LogP contribution in [-0.2, 0) is 4.74 Å². The minimum absolute atomic E-state index is 0.00443. The quantitative estimate of drug-likeness (QED) is 0.893. The topological polar surface area (TPSA) is 65.6 Å². The molecule has 120 valence electrons. The zero-order chi connectivity index (χ0) is 15.4. The average Bonchev–Trinajstić information content (AvgIpc) is 2.92. The lowest BCUT2D eigenvalue weighted by molar-refractivity contribution is 0.0704. The van der Waals surface area contributed by atoms with Gasteiger partial charge in [0.05, 0.1) is 11.7 Å². The van der Waals surface area contributed by atoms with Crippen molar-refractivity contribution in [2.75, 3.05) is 39.3 Å². The second-order valence-corrected chi connectivity index (χ2v) is 6.02. The van der Waals surface area contributed by atoms with Gasteiger partial charge < -0.3 is 14.6 Å². The Balaban J connectivity index is 1.56. The van der Waals surface area contributed by atoms with Crippen LogP contribution in [0.1, 0.15) is 29.6 Å². The Morgan fingerprint density at radius 1 is 1.23 bits per heavy atom. The van der Waals surface area contributed by atoms with Gasteiger partial charge in [-0.25, -0.2) is 0 Å². The van der Waals surface area contributed by atoms with Crippen molar-refractivity contribution in [1.29, 1.82) is 0 Å². The summed E-state index contributed by atoms with van der Waals surface area (Å²) in [7, 11) is 0. The molecule has 6 nitrogen and oxygen atoms in total. The SMILES string of the molecule is O=C(c1ccc(=O)[nH]c1)N1CCCN(CC2CCCO2)CC1. The molecule has 0 aliphatic carbocycles. The van der Waals surface area contributed by atoms with E-state index in [1.807, 2.05) is 4.90 Å². The molecule has 1 N–H and O–H groups in total. The fraction of sp³-hybridized carbons (Fsp3) is 0.625. The van der Waals surface area contributed by atoms with Crippen molar-refractivity contribution in [3.63, 3.8) is 0 Å². The van der Waals surface area contributed by atoms with Gasteiger partial charge in [0, 0.05) is 45.0 Å². The maximum atomic E-state index is 12.5. The third-order valence-corrected chi connectivity index (χ3v) is 4.39. The van der Waals surface area contributed by atoms with Crippen LogP contribution in [0.4, 0.5) is 0 Å². The van der Waals surface area contributed by atoms with Crippen molar-refractivity contribution in [2.24, 2.45) is 0 Å². The molecule has 2 fully saturated rings. The molecule has 0 radical (unpaired) electrons. The second-order valence-electron chi connectivity index (χ2n) is 6.02. The van der Waals surface area contributed by atoms with E-state index in [9.17, 15) is 9.59 Å². The first-order chi connectivity index (χ1) is 10.7. The average molecular weight is 305 g/mol. The van der Waals surface area contributed by atoms with Crippen molar-refractivity contribution in [3.8, 4) is 0 Å². The van der Waals surface area contributed by atoms with E-state index in [0.717, 1.165) is 58.6 Å². The molecule has 1 atom stereocenters. The molecular formula is C16H23N3O3. The number of ether oxygens (including phenoxy) is 1. The fourth-order valence-corrected chi connectivity index (χ4v) is 3.16. The summed E-state index contributed by atoms with van der Waals surface area (Å²) in [4.78, 5) is 30.4. The Hall–Kier alpha value is -1.66. The van der Waals surface area contributed by atoms with Crippen LogP contribution in [0.25, 0.3) is 0 Å². The number of nitrogens with zero attached hydrogens (tertiary/aromatic N) is 2. The van der Waals surface area contributed by atoms with Crippen molar-refractivity contribution in [3.05, 3.63) is 34.2 Å². The summed E-state index contributed by atoms with van der Waals surface area (Å²) in [5, 5.41) is 0. The molecule has 1 aromatic rings. The molecule has 0 spiro atoms. The summed E-state index contributed by atoms with van der Waals surface area (Å²) in [5.41, 5.74) is 0.363. The van der Waals surface area contributed by atoms with E-state index in [2.05, 4.69) is 9.88 Å². The highest BCUT2D eigenvalue weighted by Gasteiger charge is 2.23. The zero-order valence-electron chi connectivity index (χ0n) is 12.8. The number of hydrogen-bond donors (Lipinski definition) is 1. The van der Waals surface area contributed by atoms with E-state index in [1.165, 1.54) is 12.3 Å². The van der Waals surface area contributed by atoms with Crippen molar-refractivity contribution in [2.45, 2.75) is 25.4 Å². The third kappa shape index (κ3) is 3.75. The first-order valence-electron chi connectivity index (χ1n) is 8.04. The van der Waals surface area contributed by atoms with Crippen LogP contribution in [0.15, 0.2) is 23.1 Å². The summed E-state index contributed by atoms with van der Waals surface area (Å²) in [6.07, 6.45) is 5.15. The van der Waals surface area contributed by atoms with Crippen molar-refractivity contribution in [1.82, 2.24) is 14.8 Å². The molecule has 0 bridgehead atoms. The lowest BCUT2D eigenvalue weighted by Gasteiger charge is -2.24. The Labute approximate surface area is 130 Å². The number of aromatic amines is 1. The fourth-order valence-electron chi connectivity index (χ4n) is 3.16. The summed E-state index contributed by atoms with van der Waals surface area (Å²) < 4.78 is 5.70. The van der Waals surface area contributed by atoms with Gasteiger partial charge in [0.25, 0.3) is 5.91 Å². The molecule has 0 aromatic carbocycles. The number of pyridine rings is 1. The van der Waals surface area contributed by atoms with Gasteiger partial charge in [-0.1, -0.05) is 0 Å². The van der Waals surface area contributed by atoms with Crippen LogP contribution < -0.4 is 5.56 Å². The summed E-state index contributed by atoms with van der Waals surface area (Å²) in [5.74, 6) is -0.00443. The maximum absolute atomic E-state index is 12.5. The molecule has 0 saturated carbocycles. The highest BCUT2D eigenvalue weighted by Crippen LogP contribution is 2.15. The van der Waals surface area contributed by atoms with E-state index < -0.39 is 0 Å². The number of amides is 1. The van der Waals surface area contributed by atoms with Crippen LogP contribution in [0.5, 0.6) is 0 Å². The molecule has 1 aromatic heterocycles. The number of nitrogens with one attached hydrogen (secondary N) is 1. The molecular weight excluding hydrogens is 282 g/mol. The molecule has 3 rings (SSSR count). The zero-order valence-corrected chi connectivity index (χ0v) is 12.8. The van der Waals surface area contributed by atoms with E-state index in [4.69, 9.17) is 4.74 Å². The minimum Gasteiger partial charge on any atom is -0.377 e. The van der Waals surface area contributed by atoms with E-state index in [1.54, 1.807) is 6.07 Å². The standard InChI is InChI=1S/C16H23N3O3/c20-15-5-4-13(11-17-15)16(21)19-7-2-6-18(8-9-19)12-14-3-1-10-22-14/h4-5,11,14H,1-3,6-10,12H2,(H,17,20). The van der Waals surface area contributed by atoms with Gasteiger partial charge in [-0.15, -0.1) is 0 Å². The second kappa shape index (κ2) is 7.07. The molecule has 2 aliphatic rings. The summed E-state index contributed by atoms with van der Waals surface area (Å²) in [6.45, 7) is 5.24. The number of rotatable bonds is 3. The minimum atomic E-state index is -0.185. The van der Waals surface area contributed by atoms with Gasteiger partial charge in [0.1, 0.15) is 0 Å². The largest absolute Gasteiger partial charge is 0.377 e. The van der Waals surface area contributed by atoms with Crippen LogP contribution in [-0.4, -0.2) is 66.1 Å². The van der Waals surface area contributed by atoms with Gasteiger partial charge in [-0.05, 0) is 31.9 Å². The molecule has 2 saturated heterocycles. The van der Waals surface area contributed by atoms with Crippen molar-refractivity contribution >= 4 is 5.91 Å². The van der Waals surface area contributed by atoms with Gasteiger partial charge >= 0.3 is 0 Å². The van der Waals surface area contributed by atoms with E-state index in [0.29, 0.717) is 11.7 Å². The molecule has 3 heterocycles. The Morgan fingerprint density at radius 3 is 2.86 bits per heavy atom. The molecule has 1 amide bonds. The highest BCUT2D eigenvalue weighted by atomic mass is 16.5. The van der Waals surface area contributed by atoms with Gasteiger partial charge in [-0.2, -0.15) is 0 Å². The van der Waals surface area contributed by atoms with Gasteiger partial charge in [0.2, 0.25) is 5.56 Å². The van der Waals surface area contributed by atoms with Crippen LogP contribution in [0.2, 0.25) is 0 Å². The summed E-state index contributed by atoms with van der Waals surface area (Å²) >= 11 is 0. The molecule has 22 heavy (non-hydrogen) atoms. The Bertz CT molecular complexity index is 546. The monoisotopic (exact) mass is 305 g/mol. The lowest BCUT2D eigenvalue weighted by atomic mass is 10.2. The number of carbonyl (C=O) groups excluding carboxylic acids is 1. The first-order valence-corrected chi connectivity index (χ1v) is 8.04. The van der Waals surface area contributed by atoms with Crippen LogP contribution in [0, 0.1) is 0 Å². The predicted molar refractivity (Wildman–Crippen MR) is 83.0 cm³/mol. The predicted octanol–water partition coefficient (Wildman–Crippen LogP) is 0.702. The normalized spacial score (nSPS) is 23.5. The maximum Gasteiger partial charge on any atom is 0.255 e. The smallest absolute Gasteiger partial charge is 0.255 e. The summed E-state index contributed by atoms with van der Waals surface area (Å²) in [6, 6.07) is 2.99. The first kappa shape index (κ1) is 15.2. The number of aromatic nitrogens is 1. The third-order valence-electron chi connectivity index (χ3n) is 4.39.